The third-order valence-corrected chi connectivity index (χ3v) is 6.33. The standard InChI is InChI=1S/C28H27N3O5/c1-34-22-8-5-7-21(18-22)30-12-14-31(15-13-30)28(33)20-10-11-25-23(16-20)29-27(32)26(36-25)17-19-6-3-4-9-24(19)35-2/h3-11,16-18H,12-15H2,1-2H3,(H,29,32)/b26-17+. The highest BCUT2D eigenvalue weighted by Crippen LogP contribution is 2.33. The summed E-state index contributed by atoms with van der Waals surface area (Å²) < 4.78 is 16.5. The van der Waals surface area contributed by atoms with Crippen molar-refractivity contribution in [2.75, 3.05) is 50.6 Å². The summed E-state index contributed by atoms with van der Waals surface area (Å²) in [5.41, 5.74) is 2.78. The van der Waals surface area contributed by atoms with Crippen LogP contribution in [0.5, 0.6) is 17.2 Å². The molecule has 36 heavy (non-hydrogen) atoms. The molecule has 3 aromatic rings. The summed E-state index contributed by atoms with van der Waals surface area (Å²) in [6, 6.07) is 20.4. The Morgan fingerprint density at radius 2 is 1.75 bits per heavy atom. The van der Waals surface area contributed by atoms with Crippen LogP contribution in [0.1, 0.15) is 15.9 Å². The molecule has 1 N–H and O–H groups in total. The first kappa shape index (κ1) is 23.3. The van der Waals surface area contributed by atoms with Crippen molar-refractivity contribution in [1.82, 2.24) is 4.90 Å². The SMILES string of the molecule is COc1cccc(N2CCN(C(=O)c3ccc4c(c3)NC(=O)/C(=C\c3ccccc3OC)O4)CC2)c1. The number of carbonyl (C=O) groups excluding carboxylic acids is 2. The molecule has 3 aromatic carbocycles. The second-order valence-electron chi connectivity index (χ2n) is 8.50. The van der Waals surface area contributed by atoms with Crippen LogP contribution in [0.25, 0.3) is 6.08 Å². The molecule has 0 aliphatic carbocycles. The normalized spacial score (nSPS) is 16.2. The molecule has 1 saturated heterocycles. The van der Waals surface area contributed by atoms with Crippen LogP contribution in [0.2, 0.25) is 0 Å². The van der Waals surface area contributed by atoms with E-state index >= 15 is 0 Å². The lowest BCUT2D eigenvalue weighted by molar-refractivity contribution is -0.115. The van der Waals surface area contributed by atoms with E-state index in [2.05, 4.69) is 10.2 Å². The third kappa shape index (κ3) is 4.70. The molecule has 5 rings (SSSR count). The fraction of sp³-hybridized carbons (Fsp3) is 0.214. The predicted molar refractivity (Wildman–Crippen MR) is 138 cm³/mol. The highest BCUT2D eigenvalue weighted by Gasteiger charge is 2.26. The van der Waals surface area contributed by atoms with Crippen LogP contribution in [0.15, 0.2) is 72.5 Å². The van der Waals surface area contributed by atoms with Gasteiger partial charge in [-0.25, -0.2) is 0 Å². The fourth-order valence-corrected chi connectivity index (χ4v) is 4.38. The first-order valence-corrected chi connectivity index (χ1v) is 11.7. The van der Waals surface area contributed by atoms with Gasteiger partial charge in [0.1, 0.15) is 11.5 Å². The number of para-hydroxylation sites is 1. The first-order valence-electron chi connectivity index (χ1n) is 11.7. The van der Waals surface area contributed by atoms with Crippen molar-refractivity contribution in [2.24, 2.45) is 0 Å². The van der Waals surface area contributed by atoms with E-state index in [1.54, 1.807) is 38.5 Å². The zero-order chi connectivity index (χ0) is 25.1. The van der Waals surface area contributed by atoms with Gasteiger partial charge < -0.3 is 29.3 Å². The Morgan fingerprint density at radius 1 is 0.944 bits per heavy atom. The maximum Gasteiger partial charge on any atom is 0.291 e. The summed E-state index contributed by atoms with van der Waals surface area (Å²) >= 11 is 0. The lowest BCUT2D eigenvalue weighted by Gasteiger charge is -2.36. The van der Waals surface area contributed by atoms with E-state index in [1.165, 1.54) is 0 Å². The van der Waals surface area contributed by atoms with Gasteiger partial charge in [0.25, 0.3) is 11.8 Å². The average Bonchev–Trinajstić information content (AvgIpc) is 2.93. The number of piperazine rings is 1. The van der Waals surface area contributed by atoms with Crippen LogP contribution in [0, 0.1) is 0 Å². The van der Waals surface area contributed by atoms with Gasteiger partial charge in [-0.2, -0.15) is 0 Å². The summed E-state index contributed by atoms with van der Waals surface area (Å²) in [4.78, 5) is 30.0. The Bertz CT molecular complexity index is 1330. The van der Waals surface area contributed by atoms with Crippen molar-refractivity contribution in [3.63, 3.8) is 0 Å². The summed E-state index contributed by atoms with van der Waals surface area (Å²) in [7, 11) is 3.23. The van der Waals surface area contributed by atoms with Crippen LogP contribution < -0.4 is 24.4 Å². The van der Waals surface area contributed by atoms with E-state index in [0.29, 0.717) is 35.8 Å². The van der Waals surface area contributed by atoms with Gasteiger partial charge in [-0.05, 0) is 42.5 Å². The number of amides is 2. The van der Waals surface area contributed by atoms with E-state index in [9.17, 15) is 9.59 Å². The van der Waals surface area contributed by atoms with Crippen molar-refractivity contribution in [3.8, 4) is 17.2 Å². The van der Waals surface area contributed by atoms with Crippen molar-refractivity contribution in [1.29, 1.82) is 0 Å². The highest BCUT2D eigenvalue weighted by molar-refractivity contribution is 6.09. The molecule has 0 aromatic heterocycles. The fourth-order valence-electron chi connectivity index (χ4n) is 4.38. The van der Waals surface area contributed by atoms with Gasteiger partial charge >= 0.3 is 0 Å². The Kier molecular flexibility index (Phi) is 6.49. The van der Waals surface area contributed by atoms with Gasteiger partial charge in [0.05, 0.1) is 19.9 Å². The number of carbonyl (C=O) groups is 2. The minimum absolute atomic E-state index is 0.0762. The molecule has 2 amide bonds. The average molecular weight is 486 g/mol. The van der Waals surface area contributed by atoms with Crippen molar-refractivity contribution >= 4 is 29.3 Å². The van der Waals surface area contributed by atoms with Crippen molar-refractivity contribution < 1.29 is 23.8 Å². The van der Waals surface area contributed by atoms with Crippen LogP contribution >= 0.6 is 0 Å². The minimum atomic E-state index is -0.384. The number of hydrogen-bond acceptors (Lipinski definition) is 6. The summed E-state index contributed by atoms with van der Waals surface area (Å²) in [6.07, 6.45) is 1.64. The van der Waals surface area contributed by atoms with Crippen LogP contribution in [-0.2, 0) is 4.79 Å². The maximum atomic E-state index is 13.2. The summed E-state index contributed by atoms with van der Waals surface area (Å²) in [5.74, 6) is 1.62. The number of methoxy groups -OCH3 is 2. The number of ether oxygens (including phenoxy) is 3. The number of benzene rings is 3. The number of rotatable bonds is 5. The smallest absolute Gasteiger partial charge is 0.291 e. The predicted octanol–water partition coefficient (Wildman–Crippen LogP) is 4.04. The summed E-state index contributed by atoms with van der Waals surface area (Å²) in [5, 5.41) is 2.84. The topological polar surface area (TPSA) is 80.3 Å². The third-order valence-electron chi connectivity index (χ3n) is 6.33. The number of nitrogens with zero attached hydrogens (tertiary/aromatic N) is 2. The molecule has 1 fully saturated rings. The number of fused-ring (bicyclic) bond motifs is 1. The van der Waals surface area contributed by atoms with Gasteiger partial charge in [0, 0.05) is 49.1 Å². The molecule has 2 heterocycles. The molecule has 2 aliphatic rings. The molecule has 2 aliphatic heterocycles. The van der Waals surface area contributed by atoms with Crippen LogP contribution in [-0.4, -0.2) is 57.1 Å². The van der Waals surface area contributed by atoms with Gasteiger partial charge in [-0.15, -0.1) is 0 Å². The molecule has 0 spiro atoms. The quantitative estimate of drug-likeness (QED) is 0.550. The van der Waals surface area contributed by atoms with Crippen LogP contribution in [0.3, 0.4) is 0 Å². The number of nitrogens with one attached hydrogen (secondary N) is 1. The molecule has 0 atom stereocenters. The Morgan fingerprint density at radius 3 is 2.53 bits per heavy atom. The van der Waals surface area contributed by atoms with Gasteiger partial charge in [-0.1, -0.05) is 24.3 Å². The molecule has 0 bridgehead atoms. The van der Waals surface area contributed by atoms with Gasteiger partial charge in [0.15, 0.2) is 11.5 Å². The molecular weight excluding hydrogens is 458 g/mol. The number of anilines is 2. The van der Waals surface area contributed by atoms with Crippen LogP contribution in [0.4, 0.5) is 11.4 Å². The van der Waals surface area contributed by atoms with Crippen molar-refractivity contribution in [3.05, 3.63) is 83.6 Å². The lowest BCUT2D eigenvalue weighted by atomic mass is 10.1. The van der Waals surface area contributed by atoms with Crippen molar-refractivity contribution in [2.45, 2.75) is 0 Å². The van der Waals surface area contributed by atoms with Gasteiger partial charge in [0.2, 0.25) is 0 Å². The Hall–Kier alpha value is -4.46. The van der Waals surface area contributed by atoms with E-state index in [-0.39, 0.29) is 17.6 Å². The molecule has 184 valence electrons. The molecule has 0 radical (unpaired) electrons. The Labute approximate surface area is 209 Å². The second kappa shape index (κ2) is 10.0. The zero-order valence-electron chi connectivity index (χ0n) is 20.2. The molecule has 8 nitrogen and oxygen atoms in total. The van der Waals surface area contributed by atoms with E-state index in [4.69, 9.17) is 14.2 Å². The number of hydrogen-bond donors (Lipinski definition) is 1. The zero-order valence-corrected chi connectivity index (χ0v) is 20.2. The summed E-state index contributed by atoms with van der Waals surface area (Å²) in [6.45, 7) is 2.64. The van der Waals surface area contributed by atoms with E-state index in [0.717, 1.165) is 30.1 Å². The maximum absolute atomic E-state index is 13.2. The second-order valence-corrected chi connectivity index (χ2v) is 8.50. The van der Waals surface area contributed by atoms with Gasteiger partial charge in [-0.3, -0.25) is 9.59 Å². The molecule has 0 saturated carbocycles. The minimum Gasteiger partial charge on any atom is -0.497 e. The van der Waals surface area contributed by atoms with E-state index < -0.39 is 0 Å². The highest BCUT2D eigenvalue weighted by atomic mass is 16.5. The largest absolute Gasteiger partial charge is 0.497 e. The van der Waals surface area contributed by atoms with E-state index in [1.807, 2.05) is 53.4 Å². The lowest BCUT2D eigenvalue weighted by Crippen LogP contribution is -2.48. The first-order chi connectivity index (χ1) is 17.6. The molecule has 0 unspecified atom stereocenters. The monoisotopic (exact) mass is 485 g/mol. The molecule has 8 heteroatoms. The Balaban J connectivity index is 1.27. The molecular formula is C28H27N3O5.